The Morgan fingerprint density at radius 3 is 2.29 bits per heavy atom. The van der Waals surface area contributed by atoms with Crippen molar-refractivity contribution in [3.63, 3.8) is 0 Å². The number of pyridine rings is 1. The van der Waals surface area contributed by atoms with E-state index in [2.05, 4.69) is 21.1 Å². The maximum Gasteiger partial charge on any atom is 0.341 e. The predicted octanol–water partition coefficient (Wildman–Crippen LogP) is 5.08. The molecule has 12 nitrogen and oxygen atoms in total. The van der Waals surface area contributed by atoms with E-state index in [0.29, 0.717) is 16.6 Å². The van der Waals surface area contributed by atoms with Gasteiger partial charge >= 0.3 is 11.9 Å². The summed E-state index contributed by atoms with van der Waals surface area (Å²) in [6.45, 7) is 2.87. The maximum absolute atomic E-state index is 14.1. The minimum absolute atomic E-state index is 0.00376. The van der Waals surface area contributed by atoms with Crippen molar-refractivity contribution in [2.75, 3.05) is 6.61 Å². The molecule has 0 aliphatic carbocycles. The van der Waals surface area contributed by atoms with Crippen LogP contribution in [0.4, 0.5) is 0 Å². The molecule has 0 fully saturated rings. The van der Waals surface area contributed by atoms with Crippen molar-refractivity contribution in [3.05, 3.63) is 124 Å². The average molecular weight is 734 g/mol. The van der Waals surface area contributed by atoms with Gasteiger partial charge in [0.05, 0.1) is 33.8 Å². The molecule has 3 atom stereocenters. The molecule has 3 aromatic carbocycles. The zero-order valence-corrected chi connectivity index (χ0v) is 29.0. The average Bonchev–Trinajstić information content (AvgIpc) is 3.53. The molecular formula is C37H34Cl2N4O8. The first-order valence-electron chi connectivity index (χ1n) is 15.9. The van der Waals surface area contributed by atoms with Crippen molar-refractivity contribution in [2.45, 2.75) is 44.4 Å². The van der Waals surface area contributed by atoms with Crippen LogP contribution in [-0.4, -0.2) is 63.9 Å². The van der Waals surface area contributed by atoms with Gasteiger partial charge in [-0.3, -0.25) is 34.5 Å². The number of hydrogen-bond donors (Lipinski definition) is 4. The molecular weight excluding hydrogens is 699 g/mol. The van der Waals surface area contributed by atoms with Gasteiger partial charge in [0.15, 0.2) is 18.0 Å². The fourth-order valence-corrected chi connectivity index (χ4v) is 6.16. The Labute approximate surface area is 303 Å². The van der Waals surface area contributed by atoms with Crippen LogP contribution in [0.25, 0.3) is 10.8 Å². The topological polar surface area (TPSA) is 173 Å². The zero-order chi connectivity index (χ0) is 36.7. The van der Waals surface area contributed by atoms with Crippen LogP contribution in [0.5, 0.6) is 0 Å². The van der Waals surface area contributed by atoms with E-state index in [1.807, 2.05) is 32.0 Å². The van der Waals surface area contributed by atoms with Gasteiger partial charge in [0.2, 0.25) is 0 Å². The smallest absolute Gasteiger partial charge is 0.341 e. The largest absolute Gasteiger partial charge is 0.481 e. The van der Waals surface area contributed by atoms with Crippen LogP contribution in [0, 0.1) is 5.92 Å². The number of hydrogen-bond acceptors (Lipinski definition) is 9. The summed E-state index contributed by atoms with van der Waals surface area (Å²) in [6.07, 6.45) is 2.21. The lowest BCUT2D eigenvalue weighted by Gasteiger charge is -2.27. The molecule has 4 N–H and O–H groups in total. The Kier molecular flexibility index (Phi) is 11.7. The van der Waals surface area contributed by atoms with Gasteiger partial charge in [-0.25, -0.2) is 4.79 Å². The number of rotatable bonds is 14. The number of fused-ring (bicyclic) bond motifs is 1. The number of carboxylic acid groups (broad SMARTS) is 1. The molecule has 1 aliphatic rings. The summed E-state index contributed by atoms with van der Waals surface area (Å²) in [4.78, 5) is 75.8. The van der Waals surface area contributed by atoms with Gasteiger partial charge in [-0.05, 0) is 41.1 Å². The second-order valence-electron chi connectivity index (χ2n) is 12.2. The predicted molar refractivity (Wildman–Crippen MR) is 189 cm³/mol. The second kappa shape index (κ2) is 16.2. The Hall–Kier alpha value is -5.30. The van der Waals surface area contributed by atoms with Crippen LogP contribution in [-0.2, 0) is 30.4 Å². The van der Waals surface area contributed by atoms with E-state index in [4.69, 9.17) is 32.8 Å². The Morgan fingerprint density at radius 2 is 1.61 bits per heavy atom. The fraction of sp³-hybridized carbons (Fsp3) is 0.243. The first kappa shape index (κ1) is 37.0. The van der Waals surface area contributed by atoms with Gasteiger partial charge in [-0.15, -0.1) is 0 Å². The van der Waals surface area contributed by atoms with Crippen LogP contribution in [0.3, 0.4) is 0 Å². The number of Topliss-reactive ketones (excluding diaryl/α,β-unsaturated/α-hetero) is 1. The number of ether oxygens (including phenoxy) is 1. The highest BCUT2D eigenvalue weighted by atomic mass is 35.5. The summed E-state index contributed by atoms with van der Waals surface area (Å²) in [5.74, 6) is -4.79. The van der Waals surface area contributed by atoms with E-state index < -0.39 is 60.2 Å². The lowest BCUT2D eigenvalue weighted by atomic mass is 9.90. The van der Waals surface area contributed by atoms with E-state index in [1.165, 1.54) is 24.3 Å². The lowest BCUT2D eigenvalue weighted by molar-refractivity contribution is -0.148. The van der Waals surface area contributed by atoms with Crippen molar-refractivity contribution in [1.82, 2.24) is 21.1 Å². The number of nitrogens with zero attached hydrogens (tertiary/aromatic N) is 1. The molecule has 0 spiro atoms. The fourth-order valence-electron chi connectivity index (χ4n) is 5.61. The van der Waals surface area contributed by atoms with Crippen molar-refractivity contribution >= 4 is 63.5 Å². The second-order valence-corrected chi connectivity index (χ2v) is 13.0. The van der Waals surface area contributed by atoms with Crippen LogP contribution in [0.2, 0.25) is 10.0 Å². The molecule has 1 aromatic heterocycles. The highest BCUT2D eigenvalue weighted by Crippen LogP contribution is 2.30. The Morgan fingerprint density at radius 1 is 0.922 bits per heavy atom. The molecule has 0 saturated heterocycles. The molecule has 0 bridgehead atoms. The molecule has 264 valence electrons. The number of nitrogens with one attached hydrogen (secondary N) is 3. The van der Waals surface area contributed by atoms with Crippen LogP contribution in [0.1, 0.15) is 46.7 Å². The number of aliphatic carboxylic acids is 1. The molecule has 0 radical (unpaired) electrons. The molecule has 0 saturated carbocycles. The number of amides is 2. The normalized spacial score (nSPS) is 16.5. The lowest BCUT2D eigenvalue weighted by Crippen LogP contribution is -2.54. The standard InChI is InChI=1S/C37H34Cl2N4O8/c1-21(2)32(42-34(47)33-24-12-7-6-11-23(24)15-16-40-33)28-19-37(51-43-28,18-22-9-4-3-5-10-22)36(49)41-27(17-30(45)46)29(44)20-50-35(48)31-25(38)13-8-14-26(31)39/h3-16,19,21,27,32,43H,17-18,20H2,1-2H3,(H,41,49)(H,42,47)(H,45,46)/t27-,32-,37?/m0/s1. The molecule has 4 aromatic rings. The van der Waals surface area contributed by atoms with Crippen molar-refractivity contribution in [1.29, 1.82) is 0 Å². The van der Waals surface area contributed by atoms with Gasteiger partial charge in [0.1, 0.15) is 11.7 Å². The molecule has 5 rings (SSSR count). The molecule has 2 heterocycles. The first-order chi connectivity index (χ1) is 24.4. The molecule has 51 heavy (non-hydrogen) atoms. The SMILES string of the molecule is CC(C)[C@H](NC(=O)c1nccc2ccccc12)C1=CC(Cc2ccccc2)(C(=O)N[C@@H](CC(=O)O)C(=O)COC(=O)c2c(Cl)cccc2Cl)ON1. The van der Waals surface area contributed by atoms with E-state index in [-0.39, 0.29) is 33.6 Å². The Balaban J connectivity index is 1.40. The summed E-state index contributed by atoms with van der Waals surface area (Å²) in [5.41, 5.74) is 2.10. The number of aromatic nitrogens is 1. The third-order valence-corrected chi connectivity index (χ3v) is 8.83. The van der Waals surface area contributed by atoms with E-state index in [1.54, 1.807) is 48.7 Å². The third-order valence-electron chi connectivity index (χ3n) is 8.20. The van der Waals surface area contributed by atoms with Gasteiger partial charge in [0.25, 0.3) is 11.8 Å². The summed E-state index contributed by atoms with van der Waals surface area (Å²) in [5, 5.41) is 16.6. The summed E-state index contributed by atoms with van der Waals surface area (Å²) >= 11 is 12.1. The minimum Gasteiger partial charge on any atom is -0.481 e. The number of ketones is 1. The van der Waals surface area contributed by atoms with Gasteiger partial charge in [-0.1, -0.05) is 97.7 Å². The number of halogens is 2. The summed E-state index contributed by atoms with van der Waals surface area (Å²) < 4.78 is 5.11. The van der Waals surface area contributed by atoms with Crippen LogP contribution in [0.15, 0.2) is 96.8 Å². The highest BCUT2D eigenvalue weighted by Gasteiger charge is 2.46. The van der Waals surface area contributed by atoms with Gasteiger partial charge in [0, 0.05) is 18.0 Å². The van der Waals surface area contributed by atoms with Crippen molar-refractivity contribution in [3.8, 4) is 0 Å². The molecule has 1 unspecified atom stereocenters. The van der Waals surface area contributed by atoms with Crippen molar-refractivity contribution in [2.24, 2.45) is 5.92 Å². The van der Waals surface area contributed by atoms with E-state index in [9.17, 15) is 29.1 Å². The monoisotopic (exact) mass is 732 g/mol. The van der Waals surface area contributed by atoms with Gasteiger partial charge in [-0.2, -0.15) is 0 Å². The Bertz CT molecular complexity index is 1980. The molecule has 14 heteroatoms. The summed E-state index contributed by atoms with van der Waals surface area (Å²) in [7, 11) is 0. The quantitative estimate of drug-likeness (QED) is 0.128. The zero-order valence-electron chi connectivity index (χ0n) is 27.5. The number of carbonyl (C=O) groups excluding carboxylic acids is 4. The number of carbonyl (C=O) groups is 5. The molecule has 2 amide bonds. The highest BCUT2D eigenvalue weighted by molar-refractivity contribution is 6.39. The van der Waals surface area contributed by atoms with Crippen molar-refractivity contribution < 1.29 is 38.7 Å². The number of carboxylic acids is 1. The van der Waals surface area contributed by atoms with Gasteiger partial charge < -0.3 is 20.5 Å². The first-order valence-corrected chi connectivity index (χ1v) is 16.7. The van der Waals surface area contributed by atoms with E-state index in [0.717, 1.165) is 5.39 Å². The van der Waals surface area contributed by atoms with Crippen LogP contribution >= 0.6 is 23.2 Å². The maximum atomic E-state index is 14.1. The number of esters is 1. The number of hydroxylamine groups is 1. The number of benzene rings is 3. The van der Waals surface area contributed by atoms with Crippen LogP contribution < -0.4 is 16.1 Å². The van der Waals surface area contributed by atoms with E-state index >= 15 is 0 Å². The molecule has 1 aliphatic heterocycles. The third kappa shape index (κ3) is 8.72. The summed E-state index contributed by atoms with van der Waals surface area (Å²) in [6, 6.07) is 20.1. The minimum atomic E-state index is -1.80.